The van der Waals surface area contributed by atoms with Gasteiger partial charge in [-0.25, -0.2) is 19.3 Å². The van der Waals surface area contributed by atoms with Gasteiger partial charge in [0.25, 0.3) is 5.56 Å². The summed E-state index contributed by atoms with van der Waals surface area (Å²) >= 11 is 0. The zero-order valence-corrected chi connectivity index (χ0v) is 18.9. The normalized spacial score (nSPS) is 18.8. The number of hydrogen-bond donors (Lipinski definition) is 0. The number of rotatable bonds is 4. The number of fused-ring (bicyclic) bond motifs is 2. The molecule has 0 spiro atoms. The van der Waals surface area contributed by atoms with E-state index >= 15 is 0 Å². The summed E-state index contributed by atoms with van der Waals surface area (Å²) in [5, 5.41) is 0. The molecule has 0 aliphatic carbocycles. The van der Waals surface area contributed by atoms with Crippen molar-refractivity contribution in [2.75, 3.05) is 31.7 Å². The Bertz CT molecular complexity index is 1240. The summed E-state index contributed by atoms with van der Waals surface area (Å²) in [7, 11) is 1.57. The van der Waals surface area contributed by atoms with Gasteiger partial charge < -0.3 is 14.4 Å². The highest BCUT2D eigenvalue weighted by atomic mass is 19.1. The van der Waals surface area contributed by atoms with Gasteiger partial charge in [0.2, 0.25) is 5.95 Å². The quantitative estimate of drug-likeness (QED) is 0.603. The average molecular weight is 452 g/mol. The van der Waals surface area contributed by atoms with Crippen LogP contribution >= 0.6 is 0 Å². The second kappa shape index (κ2) is 8.13. The Balaban J connectivity index is 1.49. The minimum Gasteiger partial charge on any atom is -0.496 e. The molecule has 1 atom stereocenters. The van der Waals surface area contributed by atoms with Gasteiger partial charge in [-0.1, -0.05) is 13.8 Å². The Morgan fingerprint density at radius 2 is 2.09 bits per heavy atom. The first-order chi connectivity index (χ1) is 15.8. The average Bonchev–Trinajstić information content (AvgIpc) is 2.80. The molecule has 3 aromatic rings. The van der Waals surface area contributed by atoms with Gasteiger partial charge in [-0.05, 0) is 24.6 Å². The lowest BCUT2D eigenvalue weighted by Gasteiger charge is -2.42. The summed E-state index contributed by atoms with van der Waals surface area (Å²) in [6, 6.07) is 6.27. The molecule has 2 aliphatic heterocycles. The van der Waals surface area contributed by atoms with Crippen molar-refractivity contribution in [3.63, 3.8) is 0 Å². The molecule has 0 radical (unpaired) electrons. The summed E-state index contributed by atoms with van der Waals surface area (Å²) < 4.78 is 27.3. The van der Waals surface area contributed by atoms with Gasteiger partial charge >= 0.3 is 0 Å². The lowest BCUT2D eigenvalue weighted by Crippen LogP contribution is -2.50. The van der Waals surface area contributed by atoms with E-state index < -0.39 is 0 Å². The zero-order chi connectivity index (χ0) is 23.2. The van der Waals surface area contributed by atoms with Gasteiger partial charge in [0, 0.05) is 48.8 Å². The number of hydrogen-bond acceptors (Lipinski definition) is 7. The standard InChI is InChI=1S/C24H26FN5O3/c1-24(2)12-29(10-15-8-16-20(32-3)5-4-17(25)22(16)33-11-15)23-28-19(9-21(31)30(23)13-24)18-6-7-26-14-27-18/h4-7,9,14-15H,8,10-13H2,1-3H3. The number of halogens is 1. The van der Waals surface area contributed by atoms with E-state index in [1.54, 1.807) is 30.0 Å². The molecule has 0 fully saturated rings. The number of aromatic nitrogens is 4. The Morgan fingerprint density at radius 3 is 2.85 bits per heavy atom. The van der Waals surface area contributed by atoms with E-state index in [0.717, 1.165) is 12.1 Å². The topological polar surface area (TPSA) is 82.4 Å². The van der Waals surface area contributed by atoms with Crippen LogP contribution in [0.15, 0.2) is 41.6 Å². The predicted octanol–water partition coefficient (Wildman–Crippen LogP) is 2.95. The summed E-state index contributed by atoms with van der Waals surface area (Å²) in [6.07, 6.45) is 3.69. The first kappa shape index (κ1) is 21.4. The monoisotopic (exact) mass is 451 g/mol. The van der Waals surface area contributed by atoms with Crippen molar-refractivity contribution in [1.82, 2.24) is 19.5 Å². The second-order valence-corrected chi connectivity index (χ2v) is 9.44. The molecule has 1 aromatic carbocycles. The molecule has 0 saturated carbocycles. The van der Waals surface area contributed by atoms with Crippen LogP contribution in [-0.2, 0) is 13.0 Å². The van der Waals surface area contributed by atoms with Crippen LogP contribution in [0, 0.1) is 17.2 Å². The summed E-state index contributed by atoms with van der Waals surface area (Å²) in [4.78, 5) is 28.2. The molecule has 1 unspecified atom stereocenters. The van der Waals surface area contributed by atoms with E-state index in [2.05, 4.69) is 28.7 Å². The van der Waals surface area contributed by atoms with Crippen LogP contribution in [0.25, 0.3) is 11.4 Å². The fraction of sp³-hybridized carbons (Fsp3) is 0.417. The Labute approximate surface area is 191 Å². The number of ether oxygens (including phenoxy) is 2. The third-order valence-electron chi connectivity index (χ3n) is 6.14. The van der Waals surface area contributed by atoms with Gasteiger partial charge in [0.1, 0.15) is 12.1 Å². The maximum Gasteiger partial charge on any atom is 0.255 e. The van der Waals surface area contributed by atoms with Crippen molar-refractivity contribution in [2.45, 2.75) is 26.8 Å². The minimum absolute atomic E-state index is 0.0789. The molecule has 33 heavy (non-hydrogen) atoms. The van der Waals surface area contributed by atoms with E-state index in [1.807, 2.05) is 0 Å². The van der Waals surface area contributed by atoms with Crippen molar-refractivity contribution in [3.05, 3.63) is 58.5 Å². The van der Waals surface area contributed by atoms with E-state index in [1.165, 1.54) is 18.5 Å². The number of methoxy groups -OCH3 is 1. The Morgan fingerprint density at radius 1 is 1.24 bits per heavy atom. The van der Waals surface area contributed by atoms with Crippen LogP contribution in [0.1, 0.15) is 19.4 Å². The van der Waals surface area contributed by atoms with Crippen LogP contribution in [-0.4, -0.2) is 46.3 Å². The number of anilines is 1. The van der Waals surface area contributed by atoms with Gasteiger partial charge in [0.15, 0.2) is 11.6 Å². The SMILES string of the molecule is COc1ccc(F)c2c1CC(CN1CC(C)(C)Cn3c1nc(-c1ccncn1)cc3=O)CO2. The lowest BCUT2D eigenvalue weighted by molar-refractivity contribution is 0.200. The molecular formula is C24H26FN5O3. The molecule has 0 bridgehead atoms. The first-order valence-corrected chi connectivity index (χ1v) is 11.0. The van der Waals surface area contributed by atoms with Crippen LogP contribution < -0.4 is 19.9 Å². The van der Waals surface area contributed by atoms with E-state index in [0.29, 0.717) is 49.2 Å². The van der Waals surface area contributed by atoms with Crippen molar-refractivity contribution in [1.29, 1.82) is 0 Å². The van der Waals surface area contributed by atoms with E-state index in [9.17, 15) is 9.18 Å². The Hall–Kier alpha value is -3.49. The van der Waals surface area contributed by atoms with Gasteiger partial charge in [0.05, 0.1) is 25.1 Å². The van der Waals surface area contributed by atoms with Crippen molar-refractivity contribution >= 4 is 5.95 Å². The summed E-state index contributed by atoms with van der Waals surface area (Å²) in [5.41, 5.74) is 1.63. The number of nitrogens with zero attached hydrogens (tertiary/aromatic N) is 5. The second-order valence-electron chi connectivity index (χ2n) is 9.44. The fourth-order valence-electron chi connectivity index (χ4n) is 4.77. The molecule has 2 aromatic heterocycles. The molecule has 9 heteroatoms. The highest BCUT2D eigenvalue weighted by molar-refractivity contribution is 5.55. The first-order valence-electron chi connectivity index (χ1n) is 11.0. The van der Waals surface area contributed by atoms with Gasteiger partial charge in [-0.2, -0.15) is 0 Å². The summed E-state index contributed by atoms with van der Waals surface area (Å²) in [5.74, 6) is 1.21. The molecule has 0 amide bonds. The van der Waals surface area contributed by atoms with Gasteiger partial charge in [-0.15, -0.1) is 0 Å². The van der Waals surface area contributed by atoms with Crippen LogP contribution in [0.5, 0.6) is 11.5 Å². The van der Waals surface area contributed by atoms with E-state index in [4.69, 9.17) is 14.5 Å². The molecular weight excluding hydrogens is 425 g/mol. The predicted molar refractivity (Wildman–Crippen MR) is 121 cm³/mol. The van der Waals surface area contributed by atoms with Crippen molar-refractivity contribution in [3.8, 4) is 22.9 Å². The summed E-state index contributed by atoms with van der Waals surface area (Å²) in [6.45, 7) is 6.58. The molecule has 5 rings (SSSR count). The molecule has 2 aliphatic rings. The molecule has 0 saturated heterocycles. The van der Waals surface area contributed by atoms with E-state index in [-0.39, 0.29) is 28.5 Å². The smallest absolute Gasteiger partial charge is 0.255 e. The van der Waals surface area contributed by atoms with Crippen LogP contribution in [0.2, 0.25) is 0 Å². The van der Waals surface area contributed by atoms with Crippen molar-refractivity contribution < 1.29 is 13.9 Å². The maximum absolute atomic E-state index is 14.3. The number of benzene rings is 1. The zero-order valence-electron chi connectivity index (χ0n) is 18.9. The third-order valence-corrected chi connectivity index (χ3v) is 6.14. The van der Waals surface area contributed by atoms with Crippen molar-refractivity contribution in [2.24, 2.45) is 11.3 Å². The minimum atomic E-state index is -0.378. The maximum atomic E-state index is 14.3. The Kier molecular flexibility index (Phi) is 5.26. The molecule has 4 heterocycles. The molecule has 172 valence electrons. The fourth-order valence-corrected chi connectivity index (χ4v) is 4.77. The lowest BCUT2D eigenvalue weighted by atomic mass is 9.89. The van der Waals surface area contributed by atoms with Crippen LogP contribution in [0.3, 0.4) is 0 Å². The van der Waals surface area contributed by atoms with Gasteiger partial charge in [-0.3, -0.25) is 9.36 Å². The van der Waals surface area contributed by atoms with Crippen LogP contribution in [0.4, 0.5) is 10.3 Å². The highest BCUT2D eigenvalue weighted by Gasteiger charge is 2.35. The largest absolute Gasteiger partial charge is 0.496 e. The molecule has 0 N–H and O–H groups in total. The third kappa shape index (κ3) is 4.03. The highest BCUT2D eigenvalue weighted by Crippen LogP contribution is 2.38. The molecule has 8 nitrogen and oxygen atoms in total.